The number of benzene rings is 1. The number of hydrogen-bond acceptors (Lipinski definition) is 5. The van der Waals surface area contributed by atoms with Crippen molar-refractivity contribution in [2.75, 3.05) is 31.1 Å². The molecular formula is C21H27FKN3O5. The third-order valence-electron chi connectivity index (χ3n) is 4.99. The van der Waals surface area contributed by atoms with Gasteiger partial charge in [0, 0.05) is 44.2 Å². The predicted octanol–water partition coefficient (Wildman–Crippen LogP) is 2.27. The first kappa shape index (κ1) is 25.8. The number of aromatic nitrogens is 1. The SMILES string of the molecule is CCn1c(C(=O)O)cc(=O)c2cc(F)c(N3CCN(C(=O)OC(C)(C)C)CC3)cc21.[KH]. The Labute approximate surface area is 222 Å². The van der Waals surface area contributed by atoms with Crippen LogP contribution >= 0.6 is 0 Å². The molecular weight excluding hydrogens is 432 g/mol. The summed E-state index contributed by atoms with van der Waals surface area (Å²) in [5, 5.41) is 9.56. The maximum atomic E-state index is 14.8. The van der Waals surface area contributed by atoms with Crippen molar-refractivity contribution in [2.45, 2.75) is 39.8 Å². The standard InChI is InChI=1S/C21H26FN3O5.K.H/c1-5-25-15-11-16(14(22)10-13(15)18(26)12-17(25)19(27)28)23-6-8-24(9-7-23)20(29)30-21(2,3)4;;/h10-12H,5-9H2,1-4H3,(H,27,28);;. The molecule has 0 radical (unpaired) electrons. The molecule has 0 unspecified atom stereocenters. The van der Waals surface area contributed by atoms with Crippen LogP contribution in [-0.2, 0) is 11.3 Å². The summed E-state index contributed by atoms with van der Waals surface area (Å²) in [6.07, 6.45) is -0.410. The number of pyridine rings is 1. The Balaban J connectivity index is 0.00000341. The van der Waals surface area contributed by atoms with Crippen LogP contribution in [0.2, 0.25) is 0 Å². The number of carbonyl (C=O) groups is 2. The molecule has 1 aromatic carbocycles. The number of hydrogen-bond donors (Lipinski definition) is 1. The van der Waals surface area contributed by atoms with Crippen molar-refractivity contribution in [3.05, 3.63) is 39.9 Å². The molecule has 164 valence electrons. The second-order valence-electron chi connectivity index (χ2n) is 8.22. The number of rotatable bonds is 3. The molecule has 1 aliphatic rings. The summed E-state index contributed by atoms with van der Waals surface area (Å²) in [5.74, 6) is -1.77. The van der Waals surface area contributed by atoms with E-state index in [4.69, 9.17) is 4.74 Å². The van der Waals surface area contributed by atoms with E-state index >= 15 is 0 Å². The normalized spacial score (nSPS) is 14.4. The summed E-state index contributed by atoms with van der Waals surface area (Å²) in [7, 11) is 0. The number of anilines is 1. The molecule has 1 saturated heterocycles. The van der Waals surface area contributed by atoms with Gasteiger partial charge in [0.15, 0.2) is 5.43 Å². The number of carboxylic acid groups (broad SMARTS) is 1. The van der Waals surface area contributed by atoms with Crippen LogP contribution in [0.1, 0.15) is 38.2 Å². The van der Waals surface area contributed by atoms with Gasteiger partial charge in [-0.3, -0.25) is 4.79 Å². The zero-order valence-electron chi connectivity index (χ0n) is 17.6. The fourth-order valence-corrected chi connectivity index (χ4v) is 3.60. The zero-order valence-corrected chi connectivity index (χ0v) is 17.6. The molecule has 1 N–H and O–H groups in total. The van der Waals surface area contributed by atoms with Crippen molar-refractivity contribution in [3.63, 3.8) is 0 Å². The molecule has 1 aliphatic heterocycles. The zero-order chi connectivity index (χ0) is 22.2. The first-order valence-electron chi connectivity index (χ1n) is 9.85. The second kappa shape index (κ2) is 9.99. The molecule has 1 fully saturated rings. The molecule has 2 heterocycles. The second-order valence-corrected chi connectivity index (χ2v) is 8.22. The molecule has 0 saturated carbocycles. The van der Waals surface area contributed by atoms with Crippen LogP contribution in [0.5, 0.6) is 0 Å². The summed E-state index contributed by atoms with van der Waals surface area (Å²) in [6, 6.07) is 3.70. The number of aryl methyl sites for hydroxylation is 1. The van der Waals surface area contributed by atoms with Gasteiger partial charge >= 0.3 is 63.4 Å². The van der Waals surface area contributed by atoms with Gasteiger partial charge in [0.2, 0.25) is 0 Å². The maximum absolute atomic E-state index is 14.8. The number of amides is 1. The van der Waals surface area contributed by atoms with Crippen LogP contribution in [0.25, 0.3) is 10.9 Å². The quantitative estimate of drug-likeness (QED) is 0.708. The van der Waals surface area contributed by atoms with Gasteiger partial charge in [0.25, 0.3) is 0 Å². The first-order chi connectivity index (χ1) is 14.0. The molecule has 0 aliphatic carbocycles. The molecule has 0 bridgehead atoms. The number of halogens is 1. The number of nitrogens with zero attached hydrogens (tertiary/aromatic N) is 3. The minimum absolute atomic E-state index is 0. The van der Waals surface area contributed by atoms with Crippen LogP contribution in [0.15, 0.2) is 23.0 Å². The van der Waals surface area contributed by atoms with E-state index in [2.05, 4.69) is 0 Å². The van der Waals surface area contributed by atoms with E-state index in [0.717, 1.165) is 12.1 Å². The van der Waals surface area contributed by atoms with Crippen LogP contribution in [0.3, 0.4) is 0 Å². The minimum atomic E-state index is -1.22. The fraction of sp³-hybridized carbons (Fsp3) is 0.476. The number of aromatic carboxylic acids is 1. The Morgan fingerprint density at radius 2 is 1.74 bits per heavy atom. The van der Waals surface area contributed by atoms with Gasteiger partial charge in [0.1, 0.15) is 17.1 Å². The van der Waals surface area contributed by atoms with Crippen molar-refractivity contribution < 1.29 is 23.8 Å². The van der Waals surface area contributed by atoms with Gasteiger partial charge in [-0.1, -0.05) is 0 Å². The van der Waals surface area contributed by atoms with Crippen LogP contribution < -0.4 is 10.3 Å². The summed E-state index contributed by atoms with van der Waals surface area (Å²) in [6.45, 7) is 8.96. The van der Waals surface area contributed by atoms with Gasteiger partial charge in [-0.05, 0) is 39.8 Å². The summed E-state index contributed by atoms with van der Waals surface area (Å²) >= 11 is 0. The Hall–Kier alpha value is -1.46. The van der Waals surface area contributed by atoms with E-state index in [-0.39, 0.29) is 68.2 Å². The van der Waals surface area contributed by atoms with Crippen LogP contribution in [0, 0.1) is 5.82 Å². The number of ether oxygens (including phenoxy) is 1. The molecule has 3 rings (SSSR count). The third kappa shape index (κ3) is 5.67. The van der Waals surface area contributed by atoms with Crippen molar-refractivity contribution in [1.82, 2.24) is 9.47 Å². The number of carbonyl (C=O) groups excluding carboxylic acids is 1. The average molecular weight is 460 g/mol. The van der Waals surface area contributed by atoms with Gasteiger partial charge in [-0.25, -0.2) is 14.0 Å². The monoisotopic (exact) mass is 459 g/mol. The Morgan fingerprint density at radius 1 is 1.13 bits per heavy atom. The topological polar surface area (TPSA) is 92.1 Å². The summed E-state index contributed by atoms with van der Waals surface area (Å²) < 4.78 is 21.7. The first-order valence-corrected chi connectivity index (χ1v) is 9.85. The van der Waals surface area contributed by atoms with Gasteiger partial charge in [-0.2, -0.15) is 0 Å². The van der Waals surface area contributed by atoms with Gasteiger partial charge in [0.05, 0.1) is 11.2 Å². The van der Waals surface area contributed by atoms with E-state index < -0.39 is 28.9 Å². The average Bonchev–Trinajstić information content (AvgIpc) is 2.66. The number of piperazine rings is 1. The van der Waals surface area contributed by atoms with E-state index in [9.17, 15) is 23.9 Å². The summed E-state index contributed by atoms with van der Waals surface area (Å²) in [5.41, 5.74) is -0.622. The summed E-state index contributed by atoms with van der Waals surface area (Å²) in [4.78, 5) is 39.5. The molecule has 31 heavy (non-hydrogen) atoms. The molecule has 1 aromatic heterocycles. The van der Waals surface area contributed by atoms with Gasteiger partial charge in [-0.15, -0.1) is 0 Å². The van der Waals surface area contributed by atoms with E-state index in [0.29, 0.717) is 38.2 Å². The van der Waals surface area contributed by atoms with Crippen LogP contribution in [-0.4, -0.2) is 110 Å². The third-order valence-corrected chi connectivity index (χ3v) is 4.99. The van der Waals surface area contributed by atoms with Crippen molar-refractivity contribution in [1.29, 1.82) is 0 Å². The fourth-order valence-electron chi connectivity index (χ4n) is 3.60. The Kier molecular flexibility index (Phi) is 8.31. The number of fused-ring (bicyclic) bond motifs is 1. The van der Waals surface area contributed by atoms with Crippen molar-refractivity contribution in [2.24, 2.45) is 0 Å². The molecule has 2 aromatic rings. The molecule has 1 amide bonds. The van der Waals surface area contributed by atoms with Crippen molar-refractivity contribution >= 4 is 80.0 Å². The van der Waals surface area contributed by atoms with Crippen LogP contribution in [0.4, 0.5) is 14.9 Å². The van der Waals surface area contributed by atoms with E-state index in [1.54, 1.807) is 37.5 Å². The van der Waals surface area contributed by atoms with E-state index in [1.807, 2.05) is 0 Å². The predicted molar refractivity (Wildman–Crippen MR) is 118 cm³/mol. The van der Waals surface area contributed by atoms with E-state index in [1.165, 1.54) is 10.6 Å². The molecule has 0 atom stereocenters. The Morgan fingerprint density at radius 3 is 2.26 bits per heavy atom. The molecule has 0 spiro atoms. The van der Waals surface area contributed by atoms with Gasteiger partial charge < -0.3 is 24.2 Å². The molecule has 8 nitrogen and oxygen atoms in total. The number of carboxylic acids is 1. The van der Waals surface area contributed by atoms with Crippen molar-refractivity contribution in [3.8, 4) is 0 Å². The molecule has 10 heteroatoms. The Bertz CT molecular complexity index is 1060.